The molecule has 2 aromatic rings. The van der Waals surface area contributed by atoms with Gasteiger partial charge in [0.1, 0.15) is 17.3 Å². The highest BCUT2D eigenvalue weighted by atomic mass is 79.9. The number of aromatic nitrogens is 2. The van der Waals surface area contributed by atoms with Crippen molar-refractivity contribution in [2.45, 2.75) is 13.5 Å². The highest BCUT2D eigenvalue weighted by molar-refractivity contribution is 9.10. The van der Waals surface area contributed by atoms with Crippen molar-refractivity contribution in [3.63, 3.8) is 0 Å². The summed E-state index contributed by atoms with van der Waals surface area (Å²) < 4.78 is 5.81. The zero-order chi connectivity index (χ0) is 11.5. The Balaban J connectivity index is 2.04. The highest BCUT2D eigenvalue weighted by Gasteiger charge is 2.03. The fraction of sp³-hybridized carbons (Fsp3) is 0.200. The van der Waals surface area contributed by atoms with Crippen molar-refractivity contribution in [3.05, 3.63) is 34.3 Å². The van der Waals surface area contributed by atoms with Gasteiger partial charge >= 0.3 is 0 Å². The maximum Gasteiger partial charge on any atom is 0.149 e. The van der Waals surface area contributed by atoms with Gasteiger partial charge in [-0.25, -0.2) is 4.98 Å². The minimum absolute atomic E-state index is 0.538. The van der Waals surface area contributed by atoms with Crippen LogP contribution in [0.4, 0.5) is 11.5 Å². The maximum atomic E-state index is 5.79. The summed E-state index contributed by atoms with van der Waals surface area (Å²) >= 11 is 3.30. The number of hydrogen-bond donors (Lipinski definition) is 2. The van der Waals surface area contributed by atoms with Crippen LogP contribution >= 0.6 is 15.9 Å². The molecule has 16 heavy (non-hydrogen) atoms. The number of hydrogen-bond acceptors (Lipinski definition) is 5. The summed E-state index contributed by atoms with van der Waals surface area (Å²) in [5.74, 6) is 1.43. The number of nitrogens with zero attached hydrogens (tertiary/aromatic N) is 2. The molecule has 0 fully saturated rings. The van der Waals surface area contributed by atoms with Crippen molar-refractivity contribution in [3.8, 4) is 0 Å². The molecular weight excluding hydrogens is 272 g/mol. The van der Waals surface area contributed by atoms with Gasteiger partial charge in [0.25, 0.3) is 0 Å². The second-order valence-corrected chi connectivity index (χ2v) is 4.29. The van der Waals surface area contributed by atoms with E-state index in [2.05, 4.69) is 31.4 Å². The SMILES string of the molecule is Cc1cc(CNc2ncc(Br)cc2N)no1. The van der Waals surface area contributed by atoms with E-state index < -0.39 is 0 Å². The summed E-state index contributed by atoms with van der Waals surface area (Å²) in [5, 5.41) is 6.95. The molecule has 0 radical (unpaired) electrons. The molecule has 0 saturated heterocycles. The molecule has 6 heteroatoms. The molecule has 5 nitrogen and oxygen atoms in total. The Bertz CT molecular complexity index is 497. The second-order valence-electron chi connectivity index (χ2n) is 3.37. The summed E-state index contributed by atoms with van der Waals surface area (Å²) in [5.41, 5.74) is 7.21. The van der Waals surface area contributed by atoms with Crippen LogP contribution in [0.1, 0.15) is 11.5 Å². The van der Waals surface area contributed by atoms with Crippen LogP contribution in [-0.2, 0) is 6.54 Å². The fourth-order valence-corrected chi connectivity index (χ4v) is 1.63. The molecule has 0 bridgehead atoms. The second kappa shape index (κ2) is 4.52. The van der Waals surface area contributed by atoms with E-state index in [1.165, 1.54) is 0 Å². The zero-order valence-corrected chi connectivity index (χ0v) is 10.3. The topological polar surface area (TPSA) is 77.0 Å². The largest absolute Gasteiger partial charge is 0.396 e. The Morgan fingerprint density at radius 2 is 2.31 bits per heavy atom. The molecule has 2 aromatic heterocycles. The Morgan fingerprint density at radius 3 is 2.94 bits per heavy atom. The molecule has 2 heterocycles. The average molecular weight is 283 g/mol. The average Bonchev–Trinajstić information content (AvgIpc) is 2.63. The van der Waals surface area contributed by atoms with Crippen LogP contribution < -0.4 is 11.1 Å². The zero-order valence-electron chi connectivity index (χ0n) is 8.70. The summed E-state index contributed by atoms with van der Waals surface area (Å²) in [7, 11) is 0. The summed E-state index contributed by atoms with van der Waals surface area (Å²) in [6.45, 7) is 2.39. The number of nitrogen functional groups attached to an aromatic ring is 1. The number of halogens is 1. The van der Waals surface area contributed by atoms with E-state index >= 15 is 0 Å². The van der Waals surface area contributed by atoms with Gasteiger partial charge < -0.3 is 15.6 Å². The van der Waals surface area contributed by atoms with Gasteiger partial charge in [-0.2, -0.15) is 0 Å². The standard InChI is InChI=1S/C10H11BrN4O/c1-6-2-8(15-16-6)5-14-10-9(12)3-7(11)4-13-10/h2-4H,5,12H2,1H3,(H,13,14). The van der Waals surface area contributed by atoms with Crippen LogP contribution in [-0.4, -0.2) is 10.1 Å². The predicted molar refractivity (Wildman–Crippen MR) is 64.9 cm³/mol. The molecule has 0 atom stereocenters. The third-order valence-corrected chi connectivity index (χ3v) is 2.43. The number of aryl methyl sites for hydroxylation is 1. The van der Waals surface area contributed by atoms with Crippen LogP contribution in [0.5, 0.6) is 0 Å². The summed E-state index contributed by atoms with van der Waals surface area (Å²) in [6.07, 6.45) is 1.69. The fourth-order valence-electron chi connectivity index (χ4n) is 1.28. The molecule has 0 aliphatic heterocycles. The molecule has 0 saturated carbocycles. The van der Waals surface area contributed by atoms with Crippen molar-refractivity contribution < 1.29 is 4.52 Å². The van der Waals surface area contributed by atoms with E-state index in [1.807, 2.05) is 13.0 Å². The first-order valence-corrected chi connectivity index (χ1v) is 5.51. The van der Waals surface area contributed by atoms with Gasteiger partial charge in [0.05, 0.1) is 12.2 Å². The molecule has 84 valence electrons. The van der Waals surface area contributed by atoms with Gasteiger partial charge in [-0.3, -0.25) is 0 Å². The molecule has 3 N–H and O–H groups in total. The van der Waals surface area contributed by atoms with Crippen molar-refractivity contribution in [2.24, 2.45) is 0 Å². The minimum atomic E-state index is 0.538. The molecule has 0 aliphatic carbocycles. The quantitative estimate of drug-likeness (QED) is 0.904. The maximum absolute atomic E-state index is 5.79. The van der Waals surface area contributed by atoms with Crippen molar-refractivity contribution >= 4 is 27.4 Å². The van der Waals surface area contributed by atoms with Crippen LogP contribution in [0.15, 0.2) is 27.3 Å². The molecule has 0 amide bonds. The van der Waals surface area contributed by atoms with E-state index in [-0.39, 0.29) is 0 Å². The first-order chi connectivity index (χ1) is 7.65. The van der Waals surface area contributed by atoms with Crippen molar-refractivity contribution in [2.75, 3.05) is 11.1 Å². The molecular formula is C10H11BrN4O. The third-order valence-electron chi connectivity index (χ3n) is 2.00. The Morgan fingerprint density at radius 1 is 1.50 bits per heavy atom. The van der Waals surface area contributed by atoms with Gasteiger partial charge in [0.2, 0.25) is 0 Å². The molecule has 0 unspecified atom stereocenters. The normalized spacial score (nSPS) is 10.4. The Kier molecular flexibility index (Phi) is 3.09. The lowest BCUT2D eigenvalue weighted by Crippen LogP contribution is -2.04. The molecule has 0 aromatic carbocycles. The van der Waals surface area contributed by atoms with Gasteiger partial charge in [-0.05, 0) is 28.9 Å². The van der Waals surface area contributed by atoms with E-state index in [0.717, 1.165) is 15.9 Å². The molecule has 0 aliphatic rings. The number of nitrogens with two attached hydrogens (primary N) is 1. The van der Waals surface area contributed by atoms with E-state index in [9.17, 15) is 0 Å². The van der Waals surface area contributed by atoms with Crippen LogP contribution in [0.3, 0.4) is 0 Å². The number of nitrogens with one attached hydrogen (secondary N) is 1. The highest BCUT2D eigenvalue weighted by Crippen LogP contribution is 2.20. The molecule has 0 spiro atoms. The first-order valence-electron chi connectivity index (χ1n) is 4.72. The lowest BCUT2D eigenvalue weighted by atomic mass is 10.3. The van der Waals surface area contributed by atoms with Crippen LogP contribution in [0.25, 0.3) is 0 Å². The summed E-state index contributed by atoms with van der Waals surface area (Å²) in [4.78, 5) is 4.16. The van der Waals surface area contributed by atoms with Crippen LogP contribution in [0, 0.1) is 6.92 Å². The van der Waals surface area contributed by atoms with E-state index in [1.54, 1.807) is 12.3 Å². The smallest absolute Gasteiger partial charge is 0.149 e. The van der Waals surface area contributed by atoms with Crippen molar-refractivity contribution in [1.29, 1.82) is 0 Å². The summed E-state index contributed by atoms with van der Waals surface area (Å²) in [6, 6.07) is 3.66. The van der Waals surface area contributed by atoms with E-state index in [4.69, 9.17) is 10.3 Å². The molecule has 2 rings (SSSR count). The minimum Gasteiger partial charge on any atom is -0.396 e. The van der Waals surface area contributed by atoms with E-state index in [0.29, 0.717) is 18.1 Å². The van der Waals surface area contributed by atoms with Crippen LogP contribution in [0.2, 0.25) is 0 Å². The van der Waals surface area contributed by atoms with Gasteiger partial charge in [0, 0.05) is 16.7 Å². The van der Waals surface area contributed by atoms with Crippen molar-refractivity contribution in [1.82, 2.24) is 10.1 Å². The number of anilines is 2. The lowest BCUT2D eigenvalue weighted by Gasteiger charge is -2.06. The van der Waals surface area contributed by atoms with Gasteiger partial charge in [-0.1, -0.05) is 5.16 Å². The Labute approximate surface area is 101 Å². The monoisotopic (exact) mass is 282 g/mol. The third kappa shape index (κ3) is 2.52. The number of pyridine rings is 1. The van der Waals surface area contributed by atoms with Gasteiger partial charge in [-0.15, -0.1) is 0 Å². The Hall–Kier alpha value is -1.56. The predicted octanol–water partition coefficient (Wildman–Crippen LogP) is 2.33. The van der Waals surface area contributed by atoms with Gasteiger partial charge in [0.15, 0.2) is 0 Å². The number of rotatable bonds is 3. The lowest BCUT2D eigenvalue weighted by molar-refractivity contribution is 0.391. The first kappa shape index (κ1) is 10.9.